The molecule has 2 atom stereocenters. The van der Waals surface area contributed by atoms with Crippen molar-refractivity contribution in [2.45, 2.75) is 25.8 Å². The first kappa shape index (κ1) is 11.1. The fraction of sp³-hybridized carbons (Fsp3) is 0.538. The van der Waals surface area contributed by atoms with Crippen molar-refractivity contribution in [1.29, 1.82) is 0 Å². The Hall–Kier alpha value is -0.960. The molecule has 2 aliphatic heterocycles. The number of rotatable bonds is 0. The normalized spacial score (nSPS) is 27.1. The fourth-order valence-electron chi connectivity index (χ4n) is 2.91. The van der Waals surface area contributed by atoms with Crippen molar-refractivity contribution >= 4 is 23.0 Å². The highest BCUT2D eigenvalue weighted by atomic mass is 35.5. The summed E-state index contributed by atoms with van der Waals surface area (Å²) in [4.78, 5) is 2.32. The van der Waals surface area contributed by atoms with E-state index in [4.69, 9.17) is 11.6 Å². The maximum atomic E-state index is 13.6. The van der Waals surface area contributed by atoms with E-state index in [9.17, 15) is 4.39 Å². The van der Waals surface area contributed by atoms with Crippen LogP contribution < -0.4 is 10.2 Å². The molecule has 2 unspecified atom stereocenters. The third-order valence-electron chi connectivity index (χ3n) is 3.85. The number of nitrogens with zero attached hydrogens (tertiary/aromatic N) is 1. The van der Waals surface area contributed by atoms with Crippen molar-refractivity contribution in [2.24, 2.45) is 5.92 Å². The third kappa shape index (κ3) is 1.86. The highest BCUT2D eigenvalue weighted by Gasteiger charge is 2.31. The first-order chi connectivity index (χ1) is 8.15. The summed E-state index contributed by atoms with van der Waals surface area (Å²) in [7, 11) is 0. The highest BCUT2D eigenvalue weighted by Crippen LogP contribution is 2.39. The Bertz CT molecular complexity index is 449. The van der Waals surface area contributed by atoms with Gasteiger partial charge in [0.25, 0.3) is 0 Å². The SMILES string of the molecule is CC1CCN2c3cc(F)c(Cl)cc3NCC2C1. The molecule has 0 saturated carbocycles. The molecule has 4 heteroatoms. The molecule has 0 radical (unpaired) electrons. The van der Waals surface area contributed by atoms with Crippen LogP contribution in [0.25, 0.3) is 0 Å². The molecule has 2 heterocycles. The van der Waals surface area contributed by atoms with Gasteiger partial charge < -0.3 is 10.2 Å². The van der Waals surface area contributed by atoms with Crippen molar-refractivity contribution in [2.75, 3.05) is 23.3 Å². The van der Waals surface area contributed by atoms with Crippen molar-refractivity contribution < 1.29 is 4.39 Å². The molecule has 1 aromatic rings. The summed E-state index contributed by atoms with van der Waals surface area (Å²) in [6.07, 6.45) is 2.36. The number of anilines is 2. The summed E-state index contributed by atoms with van der Waals surface area (Å²) in [6.45, 7) is 4.23. The molecule has 0 amide bonds. The molecule has 2 nitrogen and oxygen atoms in total. The van der Waals surface area contributed by atoms with Crippen LogP contribution in [-0.4, -0.2) is 19.1 Å². The quantitative estimate of drug-likeness (QED) is 0.762. The van der Waals surface area contributed by atoms with Gasteiger partial charge in [-0.15, -0.1) is 0 Å². The summed E-state index contributed by atoms with van der Waals surface area (Å²) in [6, 6.07) is 3.75. The molecule has 1 fully saturated rings. The zero-order chi connectivity index (χ0) is 12.0. The van der Waals surface area contributed by atoms with Gasteiger partial charge in [0.05, 0.1) is 16.4 Å². The second-order valence-corrected chi connectivity index (χ2v) is 5.55. The van der Waals surface area contributed by atoms with Crippen molar-refractivity contribution in [3.8, 4) is 0 Å². The second-order valence-electron chi connectivity index (χ2n) is 5.14. The molecule has 0 aromatic heterocycles. The largest absolute Gasteiger partial charge is 0.381 e. The minimum Gasteiger partial charge on any atom is -0.381 e. The summed E-state index contributed by atoms with van der Waals surface area (Å²) in [5.41, 5.74) is 1.93. The van der Waals surface area contributed by atoms with E-state index in [1.54, 1.807) is 12.1 Å². The summed E-state index contributed by atoms with van der Waals surface area (Å²) in [5, 5.41) is 3.55. The maximum absolute atomic E-state index is 13.6. The van der Waals surface area contributed by atoms with Gasteiger partial charge in [0.2, 0.25) is 0 Å². The van der Waals surface area contributed by atoms with Crippen molar-refractivity contribution in [1.82, 2.24) is 0 Å². The van der Waals surface area contributed by atoms with Gasteiger partial charge >= 0.3 is 0 Å². The van der Waals surface area contributed by atoms with E-state index < -0.39 is 0 Å². The van der Waals surface area contributed by atoms with Gasteiger partial charge in [-0.3, -0.25) is 0 Å². The van der Waals surface area contributed by atoms with Crippen molar-refractivity contribution in [3.05, 3.63) is 23.0 Å². The Balaban J connectivity index is 1.98. The van der Waals surface area contributed by atoms with Gasteiger partial charge in [0.1, 0.15) is 5.82 Å². The van der Waals surface area contributed by atoms with Crippen LogP contribution in [-0.2, 0) is 0 Å². The molecule has 1 aromatic carbocycles. The van der Waals surface area contributed by atoms with Gasteiger partial charge in [-0.25, -0.2) is 4.39 Å². The average molecular weight is 255 g/mol. The van der Waals surface area contributed by atoms with Crippen LogP contribution in [0.15, 0.2) is 12.1 Å². The van der Waals surface area contributed by atoms with E-state index in [2.05, 4.69) is 17.1 Å². The van der Waals surface area contributed by atoms with Crippen molar-refractivity contribution in [3.63, 3.8) is 0 Å². The molecule has 3 rings (SSSR count). The van der Waals surface area contributed by atoms with Gasteiger partial charge in [0.15, 0.2) is 0 Å². The van der Waals surface area contributed by atoms with E-state index >= 15 is 0 Å². The zero-order valence-corrected chi connectivity index (χ0v) is 10.6. The van der Waals surface area contributed by atoms with Gasteiger partial charge in [-0.2, -0.15) is 0 Å². The van der Waals surface area contributed by atoms with Crippen LogP contribution in [0.2, 0.25) is 5.02 Å². The molecule has 0 aliphatic carbocycles. The molecule has 92 valence electrons. The lowest BCUT2D eigenvalue weighted by Gasteiger charge is -2.44. The third-order valence-corrected chi connectivity index (χ3v) is 4.14. The van der Waals surface area contributed by atoms with Crippen LogP contribution >= 0.6 is 11.6 Å². The van der Waals surface area contributed by atoms with Crippen LogP contribution in [0, 0.1) is 11.7 Å². The smallest absolute Gasteiger partial charge is 0.144 e. The highest BCUT2D eigenvalue weighted by molar-refractivity contribution is 6.31. The second kappa shape index (κ2) is 4.05. The first-order valence-electron chi connectivity index (χ1n) is 6.14. The average Bonchev–Trinajstić information content (AvgIpc) is 2.30. The van der Waals surface area contributed by atoms with E-state index in [0.29, 0.717) is 6.04 Å². The summed E-state index contributed by atoms with van der Waals surface area (Å²) in [5.74, 6) is 0.434. The molecular formula is C13H16ClFN2. The summed E-state index contributed by atoms with van der Waals surface area (Å²) < 4.78 is 13.6. The van der Waals surface area contributed by atoms with Crippen LogP contribution in [0.4, 0.5) is 15.8 Å². The number of hydrogen-bond acceptors (Lipinski definition) is 2. The number of fused-ring (bicyclic) bond motifs is 3. The van der Waals surface area contributed by atoms with Crippen LogP contribution in [0.1, 0.15) is 19.8 Å². The van der Waals surface area contributed by atoms with Gasteiger partial charge in [-0.1, -0.05) is 18.5 Å². The Kier molecular flexibility index (Phi) is 2.66. The molecule has 0 bridgehead atoms. The molecule has 2 aliphatic rings. The van der Waals surface area contributed by atoms with Gasteiger partial charge in [0, 0.05) is 25.2 Å². The lowest BCUT2D eigenvalue weighted by Crippen LogP contribution is -2.48. The minimum atomic E-state index is -0.327. The monoisotopic (exact) mass is 254 g/mol. The number of benzene rings is 1. The molecule has 0 spiro atoms. The minimum absolute atomic E-state index is 0.195. The summed E-state index contributed by atoms with van der Waals surface area (Å²) >= 11 is 5.81. The lowest BCUT2D eigenvalue weighted by molar-refractivity contribution is 0.367. The Morgan fingerprint density at radius 2 is 2.29 bits per heavy atom. The number of nitrogens with one attached hydrogen (secondary N) is 1. The number of piperidine rings is 1. The molecule has 1 saturated heterocycles. The number of hydrogen-bond donors (Lipinski definition) is 1. The predicted molar refractivity (Wildman–Crippen MR) is 69.4 cm³/mol. The number of halogens is 2. The van der Waals surface area contributed by atoms with E-state index in [-0.39, 0.29) is 10.8 Å². The van der Waals surface area contributed by atoms with Crippen LogP contribution in [0.3, 0.4) is 0 Å². The van der Waals surface area contributed by atoms with E-state index in [1.165, 1.54) is 12.8 Å². The predicted octanol–water partition coefficient (Wildman–Crippen LogP) is 3.51. The molecule has 1 N–H and O–H groups in total. The maximum Gasteiger partial charge on any atom is 0.144 e. The molecular weight excluding hydrogens is 239 g/mol. The van der Waals surface area contributed by atoms with Gasteiger partial charge in [-0.05, 0) is 24.8 Å². The Labute approximate surface area is 106 Å². The topological polar surface area (TPSA) is 15.3 Å². The standard InChI is InChI=1S/C13H16ClFN2/c1-8-2-3-17-9(4-8)7-16-12-5-10(14)11(15)6-13(12)17/h5-6,8-9,16H,2-4,7H2,1H3. The zero-order valence-electron chi connectivity index (χ0n) is 9.84. The Morgan fingerprint density at radius 3 is 3.12 bits per heavy atom. The Morgan fingerprint density at radius 1 is 1.47 bits per heavy atom. The van der Waals surface area contributed by atoms with E-state index in [0.717, 1.165) is 30.4 Å². The lowest BCUT2D eigenvalue weighted by atomic mass is 9.90. The van der Waals surface area contributed by atoms with E-state index in [1.807, 2.05) is 0 Å². The first-order valence-corrected chi connectivity index (χ1v) is 6.52. The molecule has 17 heavy (non-hydrogen) atoms. The fourth-order valence-corrected chi connectivity index (χ4v) is 3.07. The van der Waals surface area contributed by atoms with Crippen LogP contribution in [0.5, 0.6) is 0 Å².